The number of nitrogens with one attached hydrogen (secondary N) is 2. The van der Waals surface area contributed by atoms with Crippen LogP contribution in [0.1, 0.15) is 37.6 Å². The van der Waals surface area contributed by atoms with Crippen molar-refractivity contribution in [3.05, 3.63) is 29.6 Å². The van der Waals surface area contributed by atoms with E-state index in [9.17, 15) is 9.59 Å². The van der Waals surface area contributed by atoms with Gasteiger partial charge in [0.05, 0.1) is 23.9 Å². The summed E-state index contributed by atoms with van der Waals surface area (Å²) >= 11 is 0. The smallest absolute Gasteiger partial charge is 0.305 e. The lowest BCUT2D eigenvalue weighted by Gasteiger charge is -2.16. The van der Waals surface area contributed by atoms with E-state index in [1.807, 2.05) is 32.0 Å². The number of imidazole rings is 1. The lowest BCUT2D eigenvalue weighted by Crippen LogP contribution is -2.37. The molecule has 0 aliphatic heterocycles. The zero-order valence-electron chi connectivity index (χ0n) is 12.8. The number of carboxylic acid groups (broad SMARTS) is 1. The van der Waals surface area contributed by atoms with E-state index in [0.717, 1.165) is 28.8 Å². The summed E-state index contributed by atoms with van der Waals surface area (Å²) in [5.41, 5.74) is 2.65. The molecule has 6 nitrogen and oxygen atoms in total. The first kappa shape index (κ1) is 16.0. The number of benzene rings is 1. The number of hydrogen-bond donors (Lipinski definition) is 3. The maximum Gasteiger partial charge on any atom is 0.305 e. The van der Waals surface area contributed by atoms with Crippen molar-refractivity contribution in [2.75, 3.05) is 0 Å². The third kappa shape index (κ3) is 4.31. The SMILES string of the molecule is CCCC(CC(=O)O)NC(=O)Cc1ccc2nc(C)[nH]c2c1. The predicted molar refractivity (Wildman–Crippen MR) is 83.6 cm³/mol. The number of fused-ring (bicyclic) bond motifs is 1. The van der Waals surface area contributed by atoms with Gasteiger partial charge in [0.15, 0.2) is 0 Å². The zero-order valence-corrected chi connectivity index (χ0v) is 12.8. The minimum absolute atomic E-state index is 0.0433. The van der Waals surface area contributed by atoms with Crippen LogP contribution in [0.3, 0.4) is 0 Å². The molecule has 0 aliphatic rings. The van der Waals surface area contributed by atoms with Crippen LogP contribution >= 0.6 is 0 Å². The van der Waals surface area contributed by atoms with E-state index in [-0.39, 0.29) is 24.8 Å². The van der Waals surface area contributed by atoms with Crippen molar-refractivity contribution in [3.8, 4) is 0 Å². The summed E-state index contributed by atoms with van der Waals surface area (Å²) in [4.78, 5) is 30.4. The second-order valence-corrected chi connectivity index (χ2v) is 5.50. The fourth-order valence-electron chi connectivity index (χ4n) is 2.54. The van der Waals surface area contributed by atoms with Crippen molar-refractivity contribution >= 4 is 22.9 Å². The van der Waals surface area contributed by atoms with Gasteiger partial charge in [-0.05, 0) is 31.0 Å². The number of carbonyl (C=O) groups excluding carboxylic acids is 1. The lowest BCUT2D eigenvalue weighted by molar-refractivity contribution is -0.137. The highest BCUT2D eigenvalue weighted by atomic mass is 16.4. The van der Waals surface area contributed by atoms with Gasteiger partial charge < -0.3 is 15.4 Å². The van der Waals surface area contributed by atoms with Gasteiger partial charge in [-0.1, -0.05) is 19.4 Å². The first-order valence-electron chi connectivity index (χ1n) is 7.44. The molecule has 0 saturated heterocycles. The molecule has 1 aromatic heterocycles. The normalized spacial score (nSPS) is 12.3. The largest absolute Gasteiger partial charge is 0.481 e. The molecule has 22 heavy (non-hydrogen) atoms. The highest BCUT2D eigenvalue weighted by Crippen LogP contribution is 2.14. The Morgan fingerprint density at radius 3 is 2.86 bits per heavy atom. The zero-order chi connectivity index (χ0) is 16.1. The maximum absolute atomic E-state index is 12.1. The van der Waals surface area contributed by atoms with E-state index < -0.39 is 5.97 Å². The summed E-state index contributed by atoms with van der Waals surface area (Å²) in [6.45, 7) is 3.85. The minimum Gasteiger partial charge on any atom is -0.481 e. The van der Waals surface area contributed by atoms with E-state index in [1.165, 1.54) is 0 Å². The molecule has 1 aromatic carbocycles. The molecule has 118 valence electrons. The fraction of sp³-hybridized carbons (Fsp3) is 0.438. The summed E-state index contributed by atoms with van der Waals surface area (Å²) in [6.07, 6.45) is 1.68. The van der Waals surface area contributed by atoms with E-state index in [4.69, 9.17) is 5.11 Å². The lowest BCUT2D eigenvalue weighted by atomic mass is 10.1. The molecule has 1 atom stereocenters. The highest BCUT2D eigenvalue weighted by molar-refractivity contribution is 5.82. The summed E-state index contributed by atoms with van der Waals surface area (Å²) < 4.78 is 0. The molecule has 2 rings (SSSR count). The Labute approximate surface area is 128 Å². The third-order valence-electron chi connectivity index (χ3n) is 3.45. The number of H-pyrrole nitrogens is 1. The number of carboxylic acids is 1. The van der Waals surface area contributed by atoms with Crippen LogP contribution in [-0.4, -0.2) is 33.0 Å². The van der Waals surface area contributed by atoms with Gasteiger partial charge in [0.1, 0.15) is 5.82 Å². The number of hydrogen-bond acceptors (Lipinski definition) is 3. The summed E-state index contributed by atoms with van der Waals surface area (Å²) in [5.74, 6) is -0.218. The van der Waals surface area contributed by atoms with E-state index >= 15 is 0 Å². The second kappa shape index (κ2) is 7.06. The van der Waals surface area contributed by atoms with Crippen molar-refractivity contribution in [2.24, 2.45) is 0 Å². The maximum atomic E-state index is 12.1. The van der Waals surface area contributed by atoms with Gasteiger partial charge in [-0.3, -0.25) is 9.59 Å². The number of aryl methyl sites for hydroxylation is 1. The summed E-state index contributed by atoms with van der Waals surface area (Å²) in [6, 6.07) is 5.34. The van der Waals surface area contributed by atoms with Crippen molar-refractivity contribution in [1.29, 1.82) is 0 Å². The Morgan fingerprint density at radius 1 is 1.41 bits per heavy atom. The van der Waals surface area contributed by atoms with Gasteiger partial charge in [-0.2, -0.15) is 0 Å². The van der Waals surface area contributed by atoms with Crippen LogP contribution in [0.15, 0.2) is 18.2 Å². The van der Waals surface area contributed by atoms with Crippen molar-refractivity contribution in [3.63, 3.8) is 0 Å². The standard InChI is InChI=1S/C16H21N3O3/c1-3-4-12(9-16(21)22)19-15(20)8-11-5-6-13-14(7-11)18-10(2)17-13/h5-7,12H,3-4,8-9H2,1-2H3,(H,17,18)(H,19,20)(H,21,22). The first-order valence-corrected chi connectivity index (χ1v) is 7.44. The molecule has 0 fully saturated rings. The molecule has 0 aliphatic carbocycles. The number of aromatic amines is 1. The summed E-state index contributed by atoms with van der Waals surface area (Å²) in [7, 11) is 0. The molecule has 0 saturated carbocycles. The van der Waals surface area contributed by atoms with Crippen LogP contribution in [0.2, 0.25) is 0 Å². The molecule has 0 bridgehead atoms. The molecule has 0 radical (unpaired) electrons. The topological polar surface area (TPSA) is 95.1 Å². The predicted octanol–water partition coefficient (Wildman–Crippen LogP) is 2.17. The fourth-order valence-corrected chi connectivity index (χ4v) is 2.54. The Kier molecular flexibility index (Phi) is 5.14. The quantitative estimate of drug-likeness (QED) is 0.730. The van der Waals surface area contributed by atoms with E-state index in [1.54, 1.807) is 0 Å². The Balaban J connectivity index is 2.00. The molecule has 0 spiro atoms. The van der Waals surface area contributed by atoms with Gasteiger partial charge in [-0.25, -0.2) is 4.98 Å². The number of rotatable bonds is 7. The highest BCUT2D eigenvalue weighted by Gasteiger charge is 2.15. The van der Waals surface area contributed by atoms with Gasteiger partial charge in [-0.15, -0.1) is 0 Å². The molecule has 3 N–H and O–H groups in total. The minimum atomic E-state index is -0.895. The molecule has 1 amide bonds. The molecule has 6 heteroatoms. The molecular weight excluding hydrogens is 282 g/mol. The van der Waals surface area contributed by atoms with E-state index in [0.29, 0.717) is 6.42 Å². The molecule has 1 heterocycles. The Hall–Kier alpha value is -2.37. The van der Waals surface area contributed by atoms with Gasteiger partial charge in [0.2, 0.25) is 5.91 Å². The monoisotopic (exact) mass is 303 g/mol. The number of aromatic nitrogens is 2. The molecule has 2 aromatic rings. The summed E-state index contributed by atoms with van der Waals surface area (Å²) in [5, 5.41) is 11.7. The van der Waals surface area contributed by atoms with E-state index in [2.05, 4.69) is 15.3 Å². The Morgan fingerprint density at radius 2 is 2.18 bits per heavy atom. The van der Waals surface area contributed by atoms with Crippen LogP contribution in [0.4, 0.5) is 0 Å². The average molecular weight is 303 g/mol. The van der Waals surface area contributed by atoms with Crippen molar-refractivity contribution in [2.45, 2.75) is 45.6 Å². The molecule has 1 unspecified atom stereocenters. The van der Waals surface area contributed by atoms with Gasteiger partial charge in [0.25, 0.3) is 0 Å². The Bertz CT molecular complexity index is 678. The van der Waals surface area contributed by atoms with Crippen molar-refractivity contribution in [1.82, 2.24) is 15.3 Å². The molecular formula is C16H21N3O3. The average Bonchev–Trinajstić information content (AvgIpc) is 2.77. The van der Waals surface area contributed by atoms with Crippen LogP contribution < -0.4 is 5.32 Å². The second-order valence-electron chi connectivity index (χ2n) is 5.50. The van der Waals surface area contributed by atoms with Crippen LogP contribution in [0.25, 0.3) is 11.0 Å². The first-order chi connectivity index (χ1) is 10.5. The van der Waals surface area contributed by atoms with Gasteiger partial charge >= 0.3 is 5.97 Å². The van der Waals surface area contributed by atoms with Crippen LogP contribution in [0, 0.1) is 6.92 Å². The van der Waals surface area contributed by atoms with Crippen LogP contribution in [-0.2, 0) is 16.0 Å². The number of amides is 1. The number of nitrogens with zero attached hydrogens (tertiary/aromatic N) is 1. The van der Waals surface area contributed by atoms with Gasteiger partial charge in [0, 0.05) is 6.04 Å². The third-order valence-corrected chi connectivity index (χ3v) is 3.45. The van der Waals surface area contributed by atoms with Crippen molar-refractivity contribution < 1.29 is 14.7 Å². The van der Waals surface area contributed by atoms with Crippen LogP contribution in [0.5, 0.6) is 0 Å². The number of aliphatic carboxylic acids is 1. The number of carbonyl (C=O) groups is 2.